The molecule has 0 aromatic heterocycles. The van der Waals surface area contributed by atoms with Crippen LogP contribution in [0.25, 0.3) is 0 Å². The molecule has 0 N–H and O–H groups in total. The monoisotopic (exact) mass is 324 g/mol. The second kappa shape index (κ2) is 8.89. The summed E-state index contributed by atoms with van der Waals surface area (Å²) in [6, 6.07) is 7.76. The zero-order chi connectivity index (χ0) is 11.9. The standard InChI is InChI=1S/C14H19O3.Y/c1-2-15-13-8-3-4-9-14(13)17-11-12-7-5-6-10-16-12;/h3-4,6,8-9,12H,2,5,7,10-11H2,1H3;/q-1;. The van der Waals surface area contributed by atoms with E-state index in [9.17, 15) is 0 Å². The maximum Gasteiger partial charge on any atom is 0.161 e. The zero-order valence-electron chi connectivity index (χ0n) is 10.8. The molecule has 0 bridgehead atoms. The molecule has 0 aliphatic carbocycles. The van der Waals surface area contributed by atoms with Crippen molar-refractivity contribution in [3.05, 3.63) is 30.7 Å². The summed E-state index contributed by atoms with van der Waals surface area (Å²) >= 11 is 0. The first kappa shape index (κ1) is 15.9. The fraction of sp³-hybridized carbons (Fsp3) is 0.500. The summed E-state index contributed by atoms with van der Waals surface area (Å²) in [7, 11) is 0. The van der Waals surface area contributed by atoms with Crippen molar-refractivity contribution >= 4 is 0 Å². The molecule has 3 nitrogen and oxygen atoms in total. The van der Waals surface area contributed by atoms with Gasteiger partial charge in [-0.25, -0.2) is 0 Å². The van der Waals surface area contributed by atoms with Gasteiger partial charge in [-0.3, -0.25) is 0 Å². The van der Waals surface area contributed by atoms with Crippen LogP contribution < -0.4 is 9.47 Å². The van der Waals surface area contributed by atoms with Crippen molar-refractivity contribution in [2.45, 2.75) is 25.9 Å². The molecule has 18 heavy (non-hydrogen) atoms. The Morgan fingerprint density at radius 2 is 2.00 bits per heavy atom. The van der Waals surface area contributed by atoms with E-state index in [0.717, 1.165) is 30.9 Å². The summed E-state index contributed by atoms with van der Waals surface area (Å²) in [5.41, 5.74) is 0. The van der Waals surface area contributed by atoms with Crippen LogP contribution in [-0.4, -0.2) is 25.9 Å². The molecule has 1 aliphatic heterocycles. The fourth-order valence-corrected chi connectivity index (χ4v) is 1.83. The normalized spacial score (nSPS) is 18.8. The molecule has 1 aromatic rings. The quantitative estimate of drug-likeness (QED) is 0.780. The number of rotatable bonds is 5. The molecule has 4 heteroatoms. The molecule has 1 aromatic carbocycles. The Labute approximate surface area is 134 Å². The van der Waals surface area contributed by atoms with Gasteiger partial charge in [0.25, 0.3) is 0 Å². The summed E-state index contributed by atoms with van der Waals surface area (Å²) in [5.74, 6) is 1.60. The van der Waals surface area contributed by atoms with Crippen LogP contribution in [0.4, 0.5) is 0 Å². The molecule has 2 rings (SSSR count). The minimum atomic E-state index is 0. The van der Waals surface area contributed by atoms with Crippen LogP contribution in [-0.2, 0) is 37.4 Å². The van der Waals surface area contributed by atoms with Crippen LogP contribution in [0.2, 0.25) is 0 Å². The van der Waals surface area contributed by atoms with Crippen molar-refractivity contribution in [1.29, 1.82) is 0 Å². The summed E-state index contributed by atoms with van der Waals surface area (Å²) in [6.07, 6.45) is 4.51. The van der Waals surface area contributed by atoms with Gasteiger partial charge in [0.15, 0.2) is 11.5 Å². The van der Waals surface area contributed by atoms with Crippen LogP contribution in [0.1, 0.15) is 19.8 Å². The van der Waals surface area contributed by atoms with Gasteiger partial charge in [0.1, 0.15) is 6.61 Å². The molecule has 97 valence electrons. The van der Waals surface area contributed by atoms with E-state index in [2.05, 4.69) is 6.42 Å². The molecule has 0 amide bonds. The van der Waals surface area contributed by atoms with E-state index in [-0.39, 0.29) is 38.8 Å². The summed E-state index contributed by atoms with van der Waals surface area (Å²) in [5, 5.41) is 0. The Morgan fingerprint density at radius 1 is 1.28 bits per heavy atom. The van der Waals surface area contributed by atoms with Crippen molar-refractivity contribution in [3.63, 3.8) is 0 Å². The second-order valence-corrected chi connectivity index (χ2v) is 4.01. The largest absolute Gasteiger partial charge is 0.490 e. The third-order valence-corrected chi connectivity index (χ3v) is 2.72. The maximum atomic E-state index is 5.77. The summed E-state index contributed by atoms with van der Waals surface area (Å²) < 4.78 is 16.8. The number of benzene rings is 1. The molecule has 1 saturated heterocycles. The molecular formula is C14H19O3Y-. The van der Waals surface area contributed by atoms with Gasteiger partial charge in [-0.1, -0.05) is 25.2 Å². The van der Waals surface area contributed by atoms with Crippen molar-refractivity contribution < 1.29 is 46.9 Å². The van der Waals surface area contributed by atoms with Crippen molar-refractivity contribution in [2.24, 2.45) is 0 Å². The number of ether oxygens (including phenoxy) is 3. The van der Waals surface area contributed by atoms with Gasteiger partial charge in [-0.15, -0.1) is 0 Å². The fourth-order valence-electron chi connectivity index (χ4n) is 1.83. The topological polar surface area (TPSA) is 27.7 Å². The van der Waals surface area contributed by atoms with E-state index < -0.39 is 0 Å². The minimum Gasteiger partial charge on any atom is -0.490 e. The Kier molecular flexibility index (Phi) is 7.88. The van der Waals surface area contributed by atoms with E-state index in [1.165, 1.54) is 0 Å². The van der Waals surface area contributed by atoms with Gasteiger partial charge < -0.3 is 20.6 Å². The van der Waals surface area contributed by atoms with Crippen molar-refractivity contribution in [3.8, 4) is 11.5 Å². The minimum absolute atomic E-state index is 0. The molecule has 0 spiro atoms. The molecule has 1 unspecified atom stereocenters. The van der Waals surface area contributed by atoms with Crippen LogP contribution in [0.3, 0.4) is 0 Å². The average Bonchev–Trinajstić information content (AvgIpc) is 2.39. The van der Waals surface area contributed by atoms with Gasteiger partial charge in [0.2, 0.25) is 0 Å². The smallest absolute Gasteiger partial charge is 0.161 e. The molecular weight excluding hydrogens is 305 g/mol. The molecule has 1 aliphatic rings. The predicted molar refractivity (Wildman–Crippen MR) is 66.4 cm³/mol. The molecule has 1 atom stereocenters. The van der Waals surface area contributed by atoms with E-state index in [4.69, 9.17) is 14.2 Å². The summed E-state index contributed by atoms with van der Waals surface area (Å²) in [4.78, 5) is 0. The van der Waals surface area contributed by atoms with Gasteiger partial charge in [-0.2, -0.15) is 6.42 Å². The zero-order valence-corrected chi connectivity index (χ0v) is 13.6. The van der Waals surface area contributed by atoms with Gasteiger partial charge in [0, 0.05) is 32.7 Å². The predicted octanol–water partition coefficient (Wildman–Crippen LogP) is 2.84. The van der Waals surface area contributed by atoms with E-state index in [1.54, 1.807) is 0 Å². The number of para-hydroxylation sites is 2. The Balaban J connectivity index is 0.00000162. The average molecular weight is 324 g/mol. The van der Waals surface area contributed by atoms with Gasteiger partial charge >= 0.3 is 0 Å². The van der Waals surface area contributed by atoms with Crippen LogP contribution in [0.15, 0.2) is 24.3 Å². The van der Waals surface area contributed by atoms with Crippen LogP contribution in [0, 0.1) is 6.42 Å². The maximum absolute atomic E-state index is 5.77. The third-order valence-electron chi connectivity index (χ3n) is 2.72. The van der Waals surface area contributed by atoms with Crippen LogP contribution >= 0.6 is 0 Å². The Morgan fingerprint density at radius 3 is 2.61 bits per heavy atom. The first-order chi connectivity index (χ1) is 8.40. The Bertz CT molecular complexity index is 338. The SMILES string of the molecule is CCOc1ccccc1OCC1CC[CH-]CO1.[Y]. The summed E-state index contributed by atoms with van der Waals surface area (Å²) in [6.45, 7) is 3.95. The van der Waals surface area contributed by atoms with Crippen molar-refractivity contribution in [1.82, 2.24) is 0 Å². The van der Waals surface area contributed by atoms with E-state index >= 15 is 0 Å². The van der Waals surface area contributed by atoms with Gasteiger partial charge in [-0.05, 0) is 19.1 Å². The first-order valence-corrected chi connectivity index (χ1v) is 6.18. The van der Waals surface area contributed by atoms with Crippen LogP contribution in [0.5, 0.6) is 11.5 Å². The van der Waals surface area contributed by atoms with E-state index in [1.807, 2.05) is 31.2 Å². The number of hydrogen-bond acceptors (Lipinski definition) is 3. The Hall–Kier alpha value is -0.116. The molecule has 1 heterocycles. The number of hydrogen-bond donors (Lipinski definition) is 0. The van der Waals surface area contributed by atoms with Gasteiger partial charge in [0.05, 0.1) is 12.7 Å². The second-order valence-electron chi connectivity index (χ2n) is 4.01. The first-order valence-electron chi connectivity index (χ1n) is 6.18. The van der Waals surface area contributed by atoms with Crippen molar-refractivity contribution in [2.75, 3.05) is 19.8 Å². The molecule has 1 fully saturated rings. The molecule has 0 saturated carbocycles. The van der Waals surface area contributed by atoms with E-state index in [0.29, 0.717) is 13.2 Å². The third kappa shape index (κ3) is 4.87. The molecule has 1 radical (unpaired) electrons.